The van der Waals surface area contributed by atoms with Gasteiger partial charge in [-0.1, -0.05) is 78.9 Å². The van der Waals surface area contributed by atoms with Gasteiger partial charge in [0.15, 0.2) is 0 Å². The molecule has 0 spiro atoms. The van der Waals surface area contributed by atoms with Gasteiger partial charge in [-0.3, -0.25) is 0 Å². The molecule has 0 amide bonds. The lowest BCUT2D eigenvalue weighted by molar-refractivity contribution is 0.904. The molecular formula is C32H21BN4S. The minimum absolute atomic E-state index is 0.0563. The zero-order valence-electron chi connectivity index (χ0n) is 20.3. The van der Waals surface area contributed by atoms with Crippen molar-refractivity contribution in [1.29, 1.82) is 0 Å². The molecule has 4 nitrogen and oxygen atoms in total. The van der Waals surface area contributed by atoms with Gasteiger partial charge in [-0.2, -0.15) is 5.53 Å². The number of anilines is 5. The summed E-state index contributed by atoms with van der Waals surface area (Å²) < 4.78 is 2.66. The third-order valence-electron chi connectivity index (χ3n) is 8.00. The van der Waals surface area contributed by atoms with E-state index in [0.717, 1.165) is 5.69 Å². The second kappa shape index (κ2) is 7.51. The molecule has 0 aliphatic carbocycles. The van der Waals surface area contributed by atoms with E-state index in [1.54, 1.807) is 0 Å². The number of benzene rings is 5. The Labute approximate surface area is 224 Å². The van der Waals surface area contributed by atoms with Crippen molar-refractivity contribution >= 4 is 66.9 Å². The van der Waals surface area contributed by atoms with E-state index in [0.29, 0.717) is 0 Å². The van der Waals surface area contributed by atoms with Gasteiger partial charge in [0.2, 0.25) is 0 Å². The summed E-state index contributed by atoms with van der Waals surface area (Å²) in [6.45, 7) is 0.0563. The maximum atomic E-state index is 3.52. The second-order valence-corrected chi connectivity index (χ2v) is 11.1. The predicted octanol–water partition coefficient (Wildman–Crippen LogP) is 6.79. The van der Waals surface area contributed by atoms with E-state index in [2.05, 4.69) is 136 Å². The zero-order chi connectivity index (χ0) is 24.8. The van der Waals surface area contributed by atoms with Gasteiger partial charge >= 0.3 is 6.85 Å². The Morgan fingerprint density at radius 3 is 2.32 bits per heavy atom. The number of nitrogens with zero attached hydrogens (tertiary/aromatic N) is 2. The summed E-state index contributed by atoms with van der Waals surface area (Å²) in [5, 5.41) is 1.29. The Kier molecular flexibility index (Phi) is 4.06. The molecule has 0 unspecified atom stereocenters. The summed E-state index contributed by atoms with van der Waals surface area (Å²) in [4.78, 5) is 4.84. The lowest BCUT2D eigenvalue weighted by atomic mass is 9.47. The average molecular weight is 504 g/mol. The SMILES string of the molecule is c1ccc(-c2cc3c4c(c2)N(c2ccccc2)c2c(sc5ccccc25)B4N2NNc4cccc-3c42)cc1. The molecule has 178 valence electrons. The number of hydrogen-bond acceptors (Lipinski definition) is 5. The molecule has 38 heavy (non-hydrogen) atoms. The fourth-order valence-corrected chi connectivity index (χ4v) is 7.72. The van der Waals surface area contributed by atoms with E-state index in [1.807, 2.05) is 11.3 Å². The summed E-state index contributed by atoms with van der Waals surface area (Å²) in [6.07, 6.45) is 0. The fourth-order valence-electron chi connectivity index (χ4n) is 6.43. The van der Waals surface area contributed by atoms with E-state index in [4.69, 9.17) is 0 Å². The number of rotatable bonds is 2. The first kappa shape index (κ1) is 20.5. The Hall–Kier alpha value is -4.52. The first-order valence-corrected chi connectivity index (χ1v) is 13.7. The molecule has 4 heterocycles. The Balaban J connectivity index is 1.45. The molecule has 0 atom stereocenters. The molecule has 0 bridgehead atoms. The van der Waals surface area contributed by atoms with Gasteiger partial charge in [-0.05, 0) is 58.6 Å². The summed E-state index contributed by atoms with van der Waals surface area (Å²) in [5.74, 6) is 0. The number of nitrogens with one attached hydrogen (secondary N) is 2. The first-order valence-electron chi connectivity index (χ1n) is 12.9. The normalized spacial score (nSPS) is 14.3. The van der Waals surface area contributed by atoms with E-state index < -0.39 is 0 Å². The highest BCUT2D eigenvalue weighted by atomic mass is 32.1. The Morgan fingerprint density at radius 1 is 0.658 bits per heavy atom. The smallest absolute Gasteiger partial charge is 0.321 e. The molecule has 2 N–H and O–H groups in total. The van der Waals surface area contributed by atoms with Crippen LogP contribution in [0.3, 0.4) is 0 Å². The number of para-hydroxylation sites is 2. The standard InChI is InChI=1S/C32H21BN4S/c1-3-10-20(11-4-1)21-18-25-23-15-9-16-26-30(23)37(35-34-26)33-29(25)27(19-21)36(22-12-5-2-6-13-22)31-24-14-7-8-17-28(24)38-32(31)33/h1-19,34-35H. The second-order valence-electron chi connectivity index (χ2n) is 10.0. The minimum Gasteiger partial charge on any atom is -0.321 e. The van der Waals surface area contributed by atoms with Crippen molar-refractivity contribution in [2.24, 2.45) is 0 Å². The average Bonchev–Trinajstić information content (AvgIpc) is 3.58. The van der Waals surface area contributed by atoms with Crippen LogP contribution in [-0.4, -0.2) is 6.85 Å². The molecule has 0 fully saturated rings. The molecular weight excluding hydrogens is 483 g/mol. The van der Waals surface area contributed by atoms with Crippen molar-refractivity contribution < 1.29 is 0 Å². The number of thiophene rings is 1. The van der Waals surface area contributed by atoms with Gasteiger partial charge in [0.25, 0.3) is 0 Å². The highest BCUT2D eigenvalue weighted by Crippen LogP contribution is 2.50. The number of fused-ring (bicyclic) bond motifs is 6. The van der Waals surface area contributed by atoms with Crippen LogP contribution in [-0.2, 0) is 0 Å². The summed E-state index contributed by atoms with van der Waals surface area (Å²) in [7, 11) is 0. The molecule has 0 saturated carbocycles. The van der Waals surface area contributed by atoms with Crippen LogP contribution in [0.2, 0.25) is 0 Å². The maximum absolute atomic E-state index is 3.52. The van der Waals surface area contributed by atoms with Gasteiger partial charge in [0, 0.05) is 31.8 Å². The molecule has 6 aromatic rings. The van der Waals surface area contributed by atoms with Crippen molar-refractivity contribution in [1.82, 2.24) is 5.53 Å². The first-order chi connectivity index (χ1) is 18.9. The molecule has 1 aromatic heterocycles. The lowest BCUT2D eigenvalue weighted by Gasteiger charge is -2.42. The third kappa shape index (κ3) is 2.63. The Bertz CT molecular complexity index is 1900. The van der Waals surface area contributed by atoms with Crippen LogP contribution in [0.15, 0.2) is 115 Å². The summed E-state index contributed by atoms with van der Waals surface area (Å²) >= 11 is 1.90. The number of hydrazine groups is 2. The molecule has 3 aliphatic heterocycles. The van der Waals surface area contributed by atoms with Gasteiger partial charge in [0.1, 0.15) is 0 Å². The summed E-state index contributed by atoms with van der Waals surface area (Å²) in [6, 6.07) is 41.7. The highest BCUT2D eigenvalue weighted by Gasteiger charge is 2.48. The van der Waals surface area contributed by atoms with E-state index in [-0.39, 0.29) is 6.85 Å². The van der Waals surface area contributed by atoms with Crippen LogP contribution in [0.4, 0.5) is 28.4 Å². The predicted molar refractivity (Wildman–Crippen MR) is 162 cm³/mol. The van der Waals surface area contributed by atoms with E-state index in [1.165, 1.54) is 65.3 Å². The van der Waals surface area contributed by atoms with Crippen LogP contribution in [0.1, 0.15) is 0 Å². The Morgan fingerprint density at radius 2 is 1.45 bits per heavy atom. The zero-order valence-corrected chi connectivity index (χ0v) is 21.2. The van der Waals surface area contributed by atoms with E-state index >= 15 is 0 Å². The quantitative estimate of drug-likeness (QED) is 0.254. The lowest BCUT2D eigenvalue weighted by Crippen LogP contribution is -2.65. The van der Waals surface area contributed by atoms with Crippen molar-refractivity contribution in [3.8, 4) is 22.3 Å². The van der Waals surface area contributed by atoms with E-state index in [9.17, 15) is 0 Å². The molecule has 5 aromatic carbocycles. The molecule has 3 aliphatic rings. The summed E-state index contributed by atoms with van der Waals surface area (Å²) in [5.41, 5.74) is 19.3. The van der Waals surface area contributed by atoms with Crippen molar-refractivity contribution in [2.45, 2.75) is 0 Å². The monoisotopic (exact) mass is 504 g/mol. The number of hydrogen-bond donors (Lipinski definition) is 2. The third-order valence-corrected chi connectivity index (χ3v) is 9.21. The molecule has 6 heteroatoms. The van der Waals surface area contributed by atoms with Gasteiger partial charge in [0.05, 0.1) is 17.1 Å². The van der Waals surface area contributed by atoms with Crippen molar-refractivity contribution in [3.05, 3.63) is 115 Å². The molecule has 9 rings (SSSR count). The van der Waals surface area contributed by atoms with Gasteiger partial charge < -0.3 is 15.2 Å². The maximum Gasteiger partial charge on any atom is 0.357 e. The molecule has 0 saturated heterocycles. The largest absolute Gasteiger partial charge is 0.357 e. The molecule has 0 radical (unpaired) electrons. The minimum atomic E-state index is 0.0563. The van der Waals surface area contributed by atoms with Crippen molar-refractivity contribution in [3.63, 3.8) is 0 Å². The van der Waals surface area contributed by atoms with Gasteiger partial charge in [-0.25, -0.2) is 0 Å². The van der Waals surface area contributed by atoms with Crippen LogP contribution in [0, 0.1) is 0 Å². The van der Waals surface area contributed by atoms with Crippen LogP contribution >= 0.6 is 11.3 Å². The van der Waals surface area contributed by atoms with Crippen LogP contribution in [0.25, 0.3) is 32.3 Å². The fraction of sp³-hybridized carbons (Fsp3) is 0. The highest BCUT2D eigenvalue weighted by molar-refractivity contribution is 7.32. The van der Waals surface area contributed by atoms with Crippen molar-refractivity contribution in [2.75, 3.05) is 15.2 Å². The van der Waals surface area contributed by atoms with Crippen LogP contribution in [0.5, 0.6) is 0 Å². The van der Waals surface area contributed by atoms with Crippen LogP contribution < -0.4 is 31.0 Å². The van der Waals surface area contributed by atoms with Gasteiger partial charge in [-0.15, -0.1) is 11.3 Å². The topological polar surface area (TPSA) is 30.5 Å².